The van der Waals surface area contributed by atoms with E-state index in [0.717, 1.165) is 21.5 Å². The Bertz CT molecular complexity index is 663. The van der Waals surface area contributed by atoms with Crippen molar-refractivity contribution in [3.63, 3.8) is 0 Å². The Hall–Kier alpha value is -1.86. The summed E-state index contributed by atoms with van der Waals surface area (Å²) in [5, 5.41) is 8.63. The van der Waals surface area contributed by atoms with Crippen LogP contribution in [0.25, 0.3) is 5.69 Å². The molecule has 0 radical (unpaired) electrons. The van der Waals surface area contributed by atoms with E-state index in [1.54, 1.807) is 0 Å². The molecule has 2 aromatic rings. The van der Waals surface area contributed by atoms with Gasteiger partial charge in [0.25, 0.3) is 0 Å². The minimum Gasteiger partial charge on any atom is -0.318 e. The first-order valence-corrected chi connectivity index (χ1v) is 6.69. The molecule has 1 aromatic carbocycles. The van der Waals surface area contributed by atoms with Gasteiger partial charge in [-0.05, 0) is 44.2 Å². The summed E-state index contributed by atoms with van der Waals surface area (Å²) >= 11 is 3.40. The highest BCUT2D eigenvalue weighted by atomic mass is 79.9. The molecule has 0 aliphatic rings. The van der Waals surface area contributed by atoms with Crippen molar-refractivity contribution in [3.05, 3.63) is 51.8 Å². The van der Waals surface area contributed by atoms with Gasteiger partial charge in [0.15, 0.2) is 5.78 Å². The summed E-state index contributed by atoms with van der Waals surface area (Å²) < 4.78 is 3.04. The van der Waals surface area contributed by atoms with Gasteiger partial charge in [-0.3, -0.25) is 4.79 Å². The van der Waals surface area contributed by atoms with Crippen LogP contribution in [0.2, 0.25) is 0 Å². The van der Waals surface area contributed by atoms with Gasteiger partial charge < -0.3 is 4.57 Å². The van der Waals surface area contributed by atoms with Crippen molar-refractivity contribution in [2.24, 2.45) is 0 Å². The number of carbonyl (C=O) groups is 1. The van der Waals surface area contributed by atoms with Gasteiger partial charge in [-0.25, -0.2) is 0 Å². The number of benzene rings is 1. The first-order chi connectivity index (χ1) is 9.04. The van der Waals surface area contributed by atoms with Gasteiger partial charge in [0.05, 0.1) is 12.5 Å². The number of halogens is 1. The largest absolute Gasteiger partial charge is 0.318 e. The Morgan fingerprint density at radius 2 is 1.95 bits per heavy atom. The molecule has 3 nitrogen and oxygen atoms in total. The number of ketones is 1. The van der Waals surface area contributed by atoms with Crippen LogP contribution in [0.4, 0.5) is 0 Å². The van der Waals surface area contributed by atoms with Gasteiger partial charge in [-0.2, -0.15) is 5.26 Å². The van der Waals surface area contributed by atoms with Gasteiger partial charge in [-0.15, -0.1) is 0 Å². The molecular weight excluding hydrogens is 304 g/mol. The lowest BCUT2D eigenvalue weighted by atomic mass is 10.1. The van der Waals surface area contributed by atoms with E-state index < -0.39 is 0 Å². The third-order valence-corrected chi connectivity index (χ3v) is 3.58. The molecule has 4 heteroatoms. The molecule has 96 valence electrons. The van der Waals surface area contributed by atoms with Crippen molar-refractivity contribution < 1.29 is 4.79 Å². The average Bonchev–Trinajstić information content (AvgIpc) is 2.67. The molecule has 0 spiro atoms. The van der Waals surface area contributed by atoms with Crippen LogP contribution in [-0.4, -0.2) is 10.4 Å². The third-order valence-electron chi connectivity index (χ3n) is 3.06. The number of carbonyl (C=O) groups excluding carboxylic acids is 1. The van der Waals surface area contributed by atoms with Gasteiger partial charge in [-0.1, -0.05) is 15.9 Å². The Morgan fingerprint density at radius 1 is 1.32 bits per heavy atom. The van der Waals surface area contributed by atoms with Crippen molar-refractivity contribution in [2.45, 2.75) is 20.3 Å². The minimum atomic E-state index is -0.126. The molecule has 0 aliphatic carbocycles. The first-order valence-electron chi connectivity index (χ1n) is 5.89. The molecule has 1 heterocycles. The fourth-order valence-corrected chi connectivity index (χ4v) is 2.46. The SMILES string of the molecule is Cc1cc(C(=O)CC#N)c(C)n1-c1ccc(Br)cc1. The predicted molar refractivity (Wildman–Crippen MR) is 77.5 cm³/mol. The Kier molecular flexibility index (Phi) is 3.87. The van der Waals surface area contributed by atoms with Gasteiger partial charge >= 0.3 is 0 Å². The molecule has 19 heavy (non-hydrogen) atoms. The fourth-order valence-electron chi connectivity index (χ4n) is 2.20. The molecule has 2 rings (SSSR count). The highest BCUT2D eigenvalue weighted by Crippen LogP contribution is 2.23. The van der Waals surface area contributed by atoms with Crippen LogP contribution in [0.5, 0.6) is 0 Å². The summed E-state index contributed by atoms with van der Waals surface area (Å²) in [6.07, 6.45) is -0.0787. The van der Waals surface area contributed by atoms with Crippen LogP contribution in [0, 0.1) is 25.2 Å². The molecular formula is C15H13BrN2O. The predicted octanol–water partition coefficient (Wildman–Crippen LogP) is 3.95. The maximum absolute atomic E-state index is 11.9. The van der Waals surface area contributed by atoms with Crippen LogP contribution >= 0.6 is 15.9 Å². The fraction of sp³-hybridized carbons (Fsp3) is 0.200. The zero-order chi connectivity index (χ0) is 14.0. The van der Waals surface area contributed by atoms with E-state index in [1.165, 1.54) is 0 Å². The average molecular weight is 317 g/mol. The molecule has 0 N–H and O–H groups in total. The number of rotatable bonds is 3. The molecule has 0 saturated carbocycles. The zero-order valence-electron chi connectivity index (χ0n) is 10.8. The number of aromatic nitrogens is 1. The van der Waals surface area contributed by atoms with Crippen LogP contribution in [0.1, 0.15) is 28.2 Å². The Morgan fingerprint density at radius 3 is 2.53 bits per heavy atom. The van der Waals surface area contributed by atoms with E-state index in [0.29, 0.717) is 5.56 Å². The maximum atomic E-state index is 11.9. The monoisotopic (exact) mass is 316 g/mol. The van der Waals surface area contributed by atoms with Crippen LogP contribution in [0.3, 0.4) is 0 Å². The van der Waals surface area contributed by atoms with Crippen LogP contribution in [-0.2, 0) is 0 Å². The maximum Gasteiger partial charge on any atom is 0.178 e. The molecule has 0 bridgehead atoms. The number of nitrogens with zero attached hydrogens (tertiary/aromatic N) is 2. The van der Waals surface area contributed by atoms with E-state index in [-0.39, 0.29) is 12.2 Å². The summed E-state index contributed by atoms with van der Waals surface area (Å²) in [6, 6.07) is 11.7. The topological polar surface area (TPSA) is 45.8 Å². The lowest BCUT2D eigenvalue weighted by molar-refractivity contribution is 0.0997. The van der Waals surface area contributed by atoms with E-state index in [2.05, 4.69) is 15.9 Å². The Labute approximate surface area is 120 Å². The summed E-state index contributed by atoms with van der Waals surface area (Å²) in [4.78, 5) is 11.9. The molecule has 0 saturated heterocycles. The lowest BCUT2D eigenvalue weighted by Gasteiger charge is -2.09. The molecule has 0 unspecified atom stereocenters. The molecule has 0 aliphatic heterocycles. The standard InChI is InChI=1S/C15H13BrN2O/c1-10-9-14(15(19)7-8-17)11(2)18(10)13-5-3-12(16)4-6-13/h3-6,9H,7H2,1-2H3. The highest BCUT2D eigenvalue weighted by molar-refractivity contribution is 9.10. The van der Waals surface area contributed by atoms with Crippen molar-refractivity contribution in [1.82, 2.24) is 4.57 Å². The van der Waals surface area contributed by atoms with Crippen molar-refractivity contribution in [2.75, 3.05) is 0 Å². The smallest absolute Gasteiger partial charge is 0.178 e. The first kappa shape index (κ1) is 13.6. The molecule has 1 aromatic heterocycles. The number of hydrogen-bond donors (Lipinski definition) is 0. The van der Waals surface area contributed by atoms with Crippen molar-refractivity contribution in [3.8, 4) is 11.8 Å². The number of Topliss-reactive ketones (excluding diaryl/α,β-unsaturated/α-hetero) is 1. The van der Waals surface area contributed by atoms with E-state index in [9.17, 15) is 4.79 Å². The summed E-state index contributed by atoms with van der Waals surface area (Å²) in [7, 11) is 0. The lowest BCUT2D eigenvalue weighted by Crippen LogP contribution is -2.02. The number of aryl methyl sites for hydroxylation is 1. The molecule has 0 amide bonds. The zero-order valence-corrected chi connectivity index (χ0v) is 12.4. The van der Waals surface area contributed by atoms with E-state index in [4.69, 9.17) is 5.26 Å². The third kappa shape index (κ3) is 2.61. The molecule has 0 fully saturated rings. The molecule has 0 atom stereocenters. The van der Waals surface area contributed by atoms with E-state index in [1.807, 2.05) is 54.8 Å². The number of hydrogen-bond acceptors (Lipinski definition) is 2. The number of nitriles is 1. The van der Waals surface area contributed by atoms with E-state index >= 15 is 0 Å². The second-order valence-corrected chi connectivity index (χ2v) is 5.27. The van der Waals surface area contributed by atoms with Crippen LogP contribution in [0.15, 0.2) is 34.8 Å². The van der Waals surface area contributed by atoms with Crippen LogP contribution < -0.4 is 0 Å². The summed E-state index contributed by atoms with van der Waals surface area (Å²) in [5.41, 5.74) is 3.50. The summed E-state index contributed by atoms with van der Waals surface area (Å²) in [5.74, 6) is -0.126. The van der Waals surface area contributed by atoms with Gasteiger partial charge in [0, 0.05) is 27.1 Å². The van der Waals surface area contributed by atoms with Crippen molar-refractivity contribution in [1.29, 1.82) is 5.26 Å². The minimum absolute atomic E-state index is 0.0787. The van der Waals surface area contributed by atoms with Crippen molar-refractivity contribution >= 4 is 21.7 Å². The normalized spacial score (nSPS) is 10.2. The van der Waals surface area contributed by atoms with Gasteiger partial charge in [0.1, 0.15) is 0 Å². The van der Waals surface area contributed by atoms with Gasteiger partial charge in [0.2, 0.25) is 0 Å². The quantitative estimate of drug-likeness (QED) is 0.805. The second kappa shape index (κ2) is 5.41. The highest BCUT2D eigenvalue weighted by Gasteiger charge is 2.16. The second-order valence-electron chi connectivity index (χ2n) is 4.35. The summed E-state index contributed by atoms with van der Waals surface area (Å²) in [6.45, 7) is 3.86. The Balaban J connectivity index is 2.51.